The molecule has 1 fully saturated rings. The van der Waals surface area contributed by atoms with Gasteiger partial charge in [-0.05, 0) is 43.4 Å². The zero-order valence-corrected chi connectivity index (χ0v) is 11.2. The van der Waals surface area contributed by atoms with Crippen molar-refractivity contribution in [3.05, 3.63) is 29.8 Å². The lowest BCUT2D eigenvalue weighted by molar-refractivity contribution is -0.274. The predicted octanol–water partition coefficient (Wildman–Crippen LogP) is 2.48. The number of hydrogen-bond acceptors (Lipinski definition) is 3. The quantitative estimate of drug-likeness (QED) is 0.849. The largest absolute Gasteiger partial charge is 0.573 e. The van der Waals surface area contributed by atoms with Gasteiger partial charge in [-0.15, -0.1) is 13.2 Å². The van der Waals surface area contributed by atoms with E-state index >= 15 is 0 Å². The van der Waals surface area contributed by atoms with E-state index in [2.05, 4.69) is 10.1 Å². The summed E-state index contributed by atoms with van der Waals surface area (Å²) >= 11 is 0. The van der Waals surface area contributed by atoms with Crippen molar-refractivity contribution in [2.45, 2.75) is 31.7 Å². The van der Waals surface area contributed by atoms with Crippen molar-refractivity contribution in [1.29, 1.82) is 0 Å². The first-order valence-electron chi connectivity index (χ1n) is 6.66. The van der Waals surface area contributed by atoms with Gasteiger partial charge in [0.15, 0.2) is 0 Å². The lowest BCUT2D eigenvalue weighted by Gasteiger charge is -2.17. The zero-order chi connectivity index (χ0) is 15.5. The molecule has 1 amide bonds. The third-order valence-electron chi connectivity index (χ3n) is 3.28. The Morgan fingerprint density at radius 3 is 2.71 bits per heavy atom. The van der Waals surface area contributed by atoms with Crippen LogP contribution in [0.25, 0.3) is 0 Å². The smallest absolute Gasteiger partial charge is 0.406 e. The molecule has 0 aliphatic heterocycles. The molecule has 1 unspecified atom stereocenters. The minimum atomic E-state index is -4.79. The summed E-state index contributed by atoms with van der Waals surface area (Å²) < 4.78 is 40.2. The second-order valence-corrected chi connectivity index (χ2v) is 5.01. The molecule has 21 heavy (non-hydrogen) atoms. The average molecular weight is 303 g/mol. The lowest BCUT2D eigenvalue weighted by Crippen LogP contribution is -2.37. The van der Waals surface area contributed by atoms with Gasteiger partial charge in [0.05, 0.1) is 0 Å². The van der Waals surface area contributed by atoms with Crippen LogP contribution >= 0.6 is 0 Å². The maximum atomic E-state index is 12.1. The maximum Gasteiger partial charge on any atom is 0.573 e. The fourth-order valence-corrected chi connectivity index (χ4v) is 2.15. The van der Waals surface area contributed by atoms with Crippen molar-refractivity contribution in [2.24, 2.45) is 5.92 Å². The molecule has 116 valence electrons. The molecule has 0 spiro atoms. The number of benzene rings is 1. The lowest BCUT2D eigenvalue weighted by atomic mass is 10.1. The molecule has 4 nitrogen and oxygen atoms in total. The number of carbonyl (C=O) groups excluding carboxylic acids is 1. The summed E-state index contributed by atoms with van der Waals surface area (Å²) in [6.45, 7) is -0.0430. The molecular formula is C14H16F3NO3. The van der Waals surface area contributed by atoms with Crippen LogP contribution in [0.3, 0.4) is 0 Å². The van der Waals surface area contributed by atoms with Crippen LogP contribution in [0.15, 0.2) is 24.3 Å². The van der Waals surface area contributed by atoms with Crippen LogP contribution in [0.1, 0.15) is 29.6 Å². The van der Waals surface area contributed by atoms with Crippen LogP contribution in [-0.4, -0.2) is 30.0 Å². The van der Waals surface area contributed by atoms with Gasteiger partial charge in [-0.2, -0.15) is 0 Å². The Labute approximate surface area is 119 Å². The Bertz CT molecular complexity index is 500. The second-order valence-electron chi connectivity index (χ2n) is 5.01. The van der Waals surface area contributed by atoms with Crippen LogP contribution < -0.4 is 10.1 Å². The van der Waals surface area contributed by atoms with E-state index < -0.39 is 18.0 Å². The molecule has 2 N–H and O–H groups in total. The Morgan fingerprint density at radius 1 is 1.43 bits per heavy atom. The van der Waals surface area contributed by atoms with Gasteiger partial charge >= 0.3 is 6.36 Å². The molecule has 7 heteroatoms. The Kier molecular flexibility index (Phi) is 4.72. The summed E-state index contributed by atoms with van der Waals surface area (Å²) in [6.07, 6.45) is -2.37. The maximum absolute atomic E-state index is 12.1. The van der Waals surface area contributed by atoms with E-state index in [0.29, 0.717) is 12.3 Å². The van der Waals surface area contributed by atoms with Crippen molar-refractivity contribution < 1.29 is 27.8 Å². The SMILES string of the molecule is O=C(NC(CCO)C1CC1)c1cccc(OC(F)(F)F)c1. The van der Waals surface area contributed by atoms with Gasteiger partial charge in [-0.25, -0.2) is 0 Å². The molecule has 1 aromatic carbocycles. The first-order chi connectivity index (χ1) is 9.89. The standard InChI is InChI=1S/C14H16F3NO3/c15-14(16,17)21-11-3-1-2-10(8-11)13(20)18-12(6-7-19)9-4-5-9/h1-3,8-9,12,19H,4-7H2,(H,18,20). The van der Waals surface area contributed by atoms with E-state index in [4.69, 9.17) is 5.11 Å². The Balaban J connectivity index is 2.03. The van der Waals surface area contributed by atoms with Crippen molar-refractivity contribution >= 4 is 5.91 Å². The van der Waals surface area contributed by atoms with Gasteiger partial charge < -0.3 is 15.2 Å². The molecule has 1 atom stereocenters. The van der Waals surface area contributed by atoms with Gasteiger partial charge in [-0.3, -0.25) is 4.79 Å². The number of rotatable bonds is 6. The first-order valence-corrected chi connectivity index (χ1v) is 6.66. The summed E-state index contributed by atoms with van der Waals surface area (Å²) in [5, 5.41) is 11.7. The van der Waals surface area contributed by atoms with Crippen LogP contribution in [0.5, 0.6) is 5.75 Å². The fraction of sp³-hybridized carbons (Fsp3) is 0.500. The topological polar surface area (TPSA) is 58.6 Å². The molecule has 0 saturated heterocycles. The van der Waals surface area contributed by atoms with Gasteiger partial charge in [-0.1, -0.05) is 6.07 Å². The number of halogens is 3. The number of ether oxygens (including phenoxy) is 1. The minimum Gasteiger partial charge on any atom is -0.406 e. The van der Waals surface area contributed by atoms with Crippen molar-refractivity contribution in [3.8, 4) is 5.75 Å². The number of amides is 1. The van der Waals surface area contributed by atoms with Crippen LogP contribution in [0.2, 0.25) is 0 Å². The normalized spacial score (nSPS) is 16.4. The number of carbonyl (C=O) groups is 1. The number of nitrogens with one attached hydrogen (secondary N) is 1. The average Bonchev–Trinajstić information content (AvgIpc) is 3.20. The summed E-state index contributed by atoms with van der Waals surface area (Å²) in [6, 6.07) is 4.78. The van der Waals surface area contributed by atoms with Crippen LogP contribution in [0.4, 0.5) is 13.2 Å². The molecule has 1 aliphatic carbocycles. The summed E-state index contributed by atoms with van der Waals surface area (Å²) in [4.78, 5) is 12.1. The number of hydrogen-bond donors (Lipinski definition) is 2. The third-order valence-corrected chi connectivity index (χ3v) is 3.28. The fourth-order valence-electron chi connectivity index (χ4n) is 2.15. The molecule has 0 bridgehead atoms. The van der Waals surface area contributed by atoms with Crippen molar-refractivity contribution in [3.63, 3.8) is 0 Å². The zero-order valence-electron chi connectivity index (χ0n) is 11.2. The summed E-state index contributed by atoms with van der Waals surface area (Å²) in [5.74, 6) is -0.552. The highest BCUT2D eigenvalue weighted by Crippen LogP contribution is 2.34. The predicted molar refractivity (Wildman–Crippen MR) is 68.8 cm³/mol. The van der Waals surface area contributed by atoms with Gasteiger partial charge in [0, 0.05) is 18.2 Å². The van der Waals surface area contributed by atoms with Gasteiger partial charge in [0.25, 0.3) is 5.91 Å². The summed E-state index contributed by atoms with van der Waals surface area (Å²) in [7, 11) is 0. The molecule has 0 radical (unpaired) electrons. The van der Waals surface area contributed by atoms with E-state index in [1.54, 1.807) is 0 Å². The number of alkyl halides is 3. The molecular weight excluding hydrogens is 287 g/mol. The molecule has 1 aromatic rings. The molecule has 2 rings (SSSR count). The molecule has 0 aromatic heterocycles. The van der Waals surface area contributed by atoms with Crippen LogP contribution in [-0.2, 0) is 0 Å². The van der Waals surface area contributed by atoms with Gasteiger partial charge in [0.2, 0.25) is 0 Å². The highest BCUT2D eigenvalue weighted by Gasteiger charge is 2.33. The van der Waals surface area contributed by atoms with E-state index in [9.17, 15) is 18.0 Å². The molecule has 1 saturated carbocycles. The van der Waals surface area contributed by atoms with E-state index in [1.165, 1.54) is 12.1 Å². The Hall–Kier alpha value is -1.76. The van der Waals surface area contributed by atoms with Gasteiger partial charge in [0.1, 0.15) is 5.75 Å². The van der Waals surface area contributed by atoms with Crippen molar-refractivity contribution in [2.75, 3.05) is 6.61 Å². The van der Waals surface area contributed by atoms with E-state index in [-0.39, 0.29) is 18.2 Å². The Morgan fingerprint density at radius 2 is 2.14 bits per heavy atom. The highest BCUT2D eigenvalue weighted by atomic mass is 19.4. The number of aliphatic hydroxyl groups is 1. The number of aliphatic hydroxyl groups excluding tert-OH is 1. The third kappa shape index (κ3) is 4.93. The van der Waals surface area contributed by atoms with E-state index in [0.717, 1.165) is 25.0 Å². The van der Waals surface area contributed by atoms with E-state index in [1.807, 2.05) is 0 Å². The second kappa shape index (κ2) is 6.34. The minimum absolute atomic E-state index is 0.0430. The van der Waals surface area contributed by atoms with Crippen molar-refractivity contribution in [1.82, 2.24) is 5.32 Å². The molecule has 0 heterocycles. The first kappa shape index (κ1) is 15.6. The highest BCUT2D eigenvalue weighted by molar-refractivity contribution is 5.94. The van der Waals surface area contributed by atoms with Crippen LogP contribution in [0, 0.1) is 5.92 Å². The summed E-state index contributed by atoms with van der Waals surface area (Å²) in [5.41, 5.74) is 0.0975. The monoisotopic (exact) mass is 303 g/mol. The molecule has 1 aliphatic rings.